The van der Waals surface area contributed by atoms with Gasteiger partial charge in [-0.2, -0.15) is 0 Å². The molecule has 18 heavy (non-hydrogen) atoms. The molecular formula is C15H26N2O. The molecule has 102 valence electrons. The molecule has 0 radical (unpaired) electrons. The number of nitrogens with zero attached hydrogens (tertiary/aromatic N) is 1. The lowest BCUT2D eigenvalue weighted by atomic mass is 10.2. The number of furan rings is 1. The van der Waals surface area contributed by atoms with Gasteiger partial charge in [0.15, 0.2) is 0 Å². The highest BCUT2D eigenvalue weighted by Crippen LogP contribution is 2.18. The first kappa shape index (κ1) is 13.6. The van der Waals surface area contributed by atoms with E-state index in [0.29, 0.717) is 0 Å². The Bertz CT molecular complexity index is 351. The predicted molar refractivity (Wildman–Crippen MR) is 74.6 cm³/mol. The van der Waals surface area contributed by atoms with Crippen LogP contribution in [-0.4, -0.2) is 24.5 Å². The fourth-order valence-electron chi connectivity index (χ4n) is 2.60. The second kappa shape index (κ2) is 6.95. The summed E-state index contributed by atoms with van der Waals surface area (Å²) >= 11 is 0. The second-order valence-electron chi connectivity index (χ2n) is 5.29. The summed E-state index contributed by atoms with van der Waals surface area (Å²) < 4.78 is 5.96. The molecule has 0 aliphatic carbocycles. The van der Waals surface area contributed by atoms with Gasteiger partial charge in [0.05, 0.1) is 13.1 Å². The maximum atomic E-state index is 5.96. The minimum Gasteiger partial charge on any atom is -0.463 e. The van der Waals surface area contributed by atoms with Gasteiger partial charge in [-0.05, 0) is 51.0 Å². The second-order valence-corrected chi connectivity index (χ2v) is 5.29. The number of rotatable bonds is 5. The third-order valence-corrected chi connectivity index (χ3v) is 3.69. The quantitative estimate of drug-likeness (QED) is 0.870. The maximum Gasteiger partial charge on any atom is 0.120 e. The van der Waals surface area contributed by atoms with Crippen molar-refractivity contribution in [1.82, 2.24) is 10.2 Å². The smallest absolute Gasteiger partial charge is 0.120 e. The SMILES string of the molecule is CCNCc1oc(CN2CCCCCC2)cc1C. The number of hydrogen-bond donors (Lipinski definition) is 1. The zero-order valence-electron chi connectivity index (χ0n) is 11.8. The monoisotopic (exact) mass is 250 g/mol. The van der Waals surface area contributed by atoms with E-state index in [1.165, 1.54) is 44.3 Å². The van der Waals surface area contributed by atoms with Gasteiger partial charge in [0, 0.05) is 0 Å². The standard InChI is InChI=1S/C15H26N2O/c1-3-16-11-15-13(2)10-14(18-15)12-17-8-6-4-5-7-9-17/h10,16H,3-9,11-12H2,1-2H3. The minimum atomic E-state index is 0.850. The van der Waals surface area contributed by atoms with Gasteiger partial charge in [-0.15, -0.1) is 0 Å². The van der Waals surface area contributed by atoms with Crippen molar-refractivity contribution in [1.29, 1.82) is 0 Å². The number of aryl methyl sites for hydroxylation is 1. The molecule has 3 nitrogen and oxygen atoms in total. The molecule has 0 spiro atoms. The molecule has 1 fully saturated rings. The molecule has 2 rings (SSSR count). The van der Waals surface area contributed by atoms with Gasteiger partial charge < -0.3 is 9.73 Å². The van der Waals surface area contributed by atoms with E-state index < -0.39 is 0 Å². The molecular weight excluding hydrogens is 224 g/mol. The van der Waals surface area contributed by atoms with Crippen LogP contribution in [0.1, 0.15) is 49.7 Å². The summed E-state index contributed by atoms with van der Waals surface area (Å²) in [5.74, 6) is 2.23. The summed E-state index contributed by atoms with van der Waals surface area (Å²) in [5.41, 5.74) is 1.28. The van der Waals surface area contributed by atoms with Crippen LogP contribution in [0.4, 0.5) is 0 Å². The highest BCUT2D eigenvalue weighted by Gasteiger charge is 2.13. The Morgan fingerprint density at radius 1 is 1.22 bits per heavy atom. The van der Waals surface area contributed by atoms with Crippen molar-refractivity contribution < 1.29 is 4.42 Å². The van der Waals surface area contributed by atoms with Crippen LogP contribution in [0.3, 0.4) is 0 Å². The Morgan fingerprint density at radius 3 is 2.61 bits per heavy atom. The van der Waals surface area contributed by atoms with E-state index >= 15 is 0 Å². The largest absolute Gasteiger partial charge is 0.463 e. The molecule has 1 aromatic heterocycles. The van der Waals surface area contributed by atoms with Crippen LogP contribution < -0.4 is 5.32 Å². The fraction of sp³-hybridized carbons (Fsp3) is 0.733. The summed E-state index contributed by atoms with van der Waals surface area (Å²) in [6.45, 7) is 9.53. The molecule has 1 aromatic rings. The molecule has 0 atom stereocenters. The molecule has 1 aliphatic rings. The molecule has 1 aliphatic heterocycles. The Kier molecular flexibility index (Phi) is 5.26. The normalized spacial score (nSPS) is 17.9. The fourth-order valence-corrected chi connectivity index (χ4v) is 2.60. The zero-order chi connectivity index (χ0) is 12.8. The first-order valence-corrected chi connectivity index (χ1v) is 7.31. The Morgan fingerprint density at radius 2 is 1.94 bits per heavy atom. The number of likely N-dealkylation sites (tertiary alicyclic amines) is 1. The molecule has 1 saturated heterocycles. The molecule has 3 heteroatoms. The van der Waals surface area contributed by atoms with Crippen LogP contribution in [0.25, 0.3) is 0 Å². The van der Waals surface area contributed by atoms with Crippen molar-refractivity contribution in [2.45, 2.75) is 52.6 Å². The topological polar surface area (TPSA) is 28.4 Å². The average Bonchev–Trinajstić information content (AvgIpc) is 2.56. The number of hydrogen-bond acceptors (Lipinski definition) is 3. The van der Waals surface area contributed by atoms with Crippen molar-refractivity contribution in [2.24, 2.45) is 0 Å². The molecule has 2 heterocycles. The summed E-state index contributed by atoms with van der Waals surface area (Å²) in [4.78, 5) is 2.53. The van der Waals surface area contributed by atoms with Crippen molar-refractivity contribution in [2.75, 3.05) is 19.6 Å². The third-order valence-electron chi connectivity index (χ3n) is 3.69. The van der Waals surface area contributed by atoms with Gasteiger partial charge in [-0.3, -0.25) is 4.90 Å². The zero-order valence-corrected chi connectivity index (χ0v) is 11.8. The number of nitrogens with one attached hydrogen (secondary N) is 1. The molecule has 0 amide bonds. The van der Waals surface area contributed by atoms with Crippen LogP contribution >= 0.6 is 0 Å². The summed E-state index contributed by atoms with van der Waals surface area (Å²) in [5, 5.41) is 3.32. The van der Waals surface area contributed by atoms with Gasteiger partial charge >= 0.3 is 0 Å². The maximum absolute atomic E-state index is 5.96. The van der Waals surface area contributed by atoms with Crippen molar-refractivity contribution in [3.05, 3.63) is 23.2 Å². The van der Waals surface area contributed by atoms with Crippen molar-refractivity contribution in [3.63, 3.8) is 0 Å². The van der Waals surface area contributed by atoms with Gasteiger partial charge in [0.25, 0.3) is 0 Å². The summed E-state index contributed by atoms with van der Waals surface area (Å²) in [6.07, 6.45) is 5.45. The van der Waals surface area contributed by atoms with E-state index in [0.717, 1.165) is 31.2 Å². The van der Waals surface area contributed by atoms with Crippen LogP contribution in [0, 0.1) is 6.92 Å². The Hall–Kier alpha value is -0.800. The van der Waals surface area contributed by atoms with Crippen LogP contribution in [-0.2, 0) is 13.1 Å². The van der Waals surface area contributed by atoms with Crippen molar-refractivity contribution in [3.8, 4) is 0 Å². The van der Waals surface area contributed by atoms with Gasteiger partial charge in [-0.1, -0.05) is 19.8 Å². The molecule has 0 saturated carbocycles. The van der Waals surface area contributed by atoms with E-state index in [4.69, 9.17) is 4.42 Å². The molecule has 0 bridgehead atoms. The predicted octanol–water partition coefficient (Wildman–Crippen LogP) is 3.07. The van der Waals surface area contributed by atoms with Gasteiger partial charge in [-0.25, -0.2) is 0 Å². The van der Waals surface area contributed by atoms with Crippen LogP contribution in [0.2, 0.25) is 0 Å². The minimum absolute atomic E-state index is 0.850. The lowest BCUT2D eigenvalue weighted by molar-refractivity contribution is 0.250. The van der Waals surface area contributed by atoms with E-state index in [2.05, 4.69) is 30.1 Å². The summed E-state index contributed by atoms with van der Waals surface area (Å²) in [7, 11) is 0. The molecule has 0 unspecified atom stereocenters. The van der Waals surface area contributed by atoms with E-state index in [9.17, 15) is 0 Å². The lowest BCUT2D eigenvalue weighted by Crippen LogP contribution is -2.23. The first-order valence-electron chi connectivity index (χ1n) is 7.31. The van der Waals surface area contributed by atoms with Gasteiger partial charge in [0.2, 0.25) is 0 Å². The third kappa shape index (κ3) is 3.85. The first-order chi connectivity index (χ1) is 8.79. The summed E-state index contributed by atoms with van der Waals surface area (Å²) in [6, 6.07) is 2.21. The van der Waals surface area contributed by atoms with E-state index in [-0.39, 0.29) is 0 Å². The molecule has 0 aromatic carbocycles. The lowest BCUT2D eigenvalue weighted by Gasteiger charge is -2.17. The Labute approximate surface area is 111 Å². The van der Waals surface area contributed by atoms with E-state index in [1.54, 1.807) is 0 Å². The van der Waals surface area contributed by atoms with E-state index in [1.807, 2.05) is 0 Å². The highest BCUT2D eigenvalue weighted by atomic mass is 16.3. The highest BCUT2D eigenvalue weighted by molar-refractivity contribution is 5.20. The average molecular weight is 250 g/mol. The van der Waals surface area contributed by atoms with Crippen LogP contribution in [0.5, 0.6) is 0 Å². The van der Waals surface area contributed by atoms with Gasteiger partial charge in [0.1, 0.15) is 11.5 Å². The van der Waals surface area contributed by atoms with Crippen LogP contribution in [0.15, 0.2) is 10.5 Å². The van der Waals surface area contributed by atoms with Crippen molar-refractivity contribution >= 4 is 0 Å². The Balaban J connectivity index is 1.91. The molecule has 1 N–H and O–H groups in total.